The van der Waals surface area contributed by atoms with E-state index in [0.717, 1.165) is 44.2 Å². The fourth-order valence-corrected chi connectivity index (χ4v) is 3.77. The molecule has 0 aromatic heterocycles. The van der Waals surface area contributed by atoms with E-state index in [2.05, 4.69) is 25.5 Å². The number of aryl methyl sites for hydroxylation is 1. The van der Waals surface area contributed by atoms with Crippen molar-refractivity contribution in [2.24, 2.45) is 0 Å². The molecule has 5 nitrogen and oxygen atoms in total. The third-order valence-electron chi connectivity index (χ3n) is 4.69. The van der Waals surface area contributed by atoms with Crippen molar-refractivity contribution >= 4 is 15.9 Å². The number of unbranched alkanes of at least 4 members (excludes halogenated alkanes) is 2. The first-order chi connectivity index (χ1) is 12.4. The Bertz CT molecular complexity index is 642. The average molecular weight is 383 g/mol. The first kappa shape index (κ1) is 22.6. The molecule has 148 valence electrons. The monoisotopic (exact) mass is 382 g/mol. The van der Waals surface area contributed by atoms with Gasteiger partial charge in [-0.05, 0) is 50.9 Å². The number of sulfonamides is 1. The maximum atomic E-state index is 12.7. The van der Waals surface area contributed by atoms with Gasteiger partial charge in [-0.15, -0.1) is 0 Å². The second kappa shape index (κ2) is 11.3. The van der Waals surface area contributed by atoms with E-state index in [1.54, 1.807) is 24.3 Å². The zero-order chi connectivity index (χ0) is 19.6. The molecule has 1 N–H and O–H groups in total. The van der Waals surface area contributed by atoms with E-state index in [1.165, 1.54) is 7.05 Å². The van der Waals surface area contributed by atoms with Crippen molar-refractivity contribution in [3.05, 3.63) is 29.8 Å². The second-order valence-corrected chi connectivity index (χ2v) is 8.67. The summed E-state index contributed by atoms with van der Waals surface area (Å²) in [5.74, 6) is 0.189. The summed E-state index contributed by atoms with van der Waals surface area (Å²) in [5.41, 5.74) is 0.977. The Hall–Kier alpha value is -1.40. The van der Waals surface area contributed by atoms with Crippen molar-refractivity contribution in [3.8, 4) is 0 Å². The normalized spacial score (nSPS) is 12.8. The maximum Gasteiger partial charge on any atom is 0.240 e. The summed E-state index contributed by atoms with van der Waals surface area (Å²) < 4.78 is 25.8. The van der Waals surface area contributed by atoms with Gasteiger partial charge in [-0.1, -0.05) is 45.2 Å². The van der Waals surface area contributed by atoms with Crippen LogP contribution in [-0.4, -0.2) is 38.9 Å². The molecular weight excluding hydrogens is 348 g/mol. The number of carbonyl (C=O) groups excluding carboxylic acids is 1. The Balaban J connectivity index is 2.68. The lowest BCUT2D eigenvalue weighted by atomic mass is 10.1. The van der Waals surface area contributed by atoms with Crippen molar-refractivity contribution < 1.29 is 13.2 Å². The van der Waals surface area contributed by atoms with E-state index in [1.807, 2.05) is 4.90 Å². The number of nitrogens with one attached hydrogen (secondary N) is 1. The Morgan fingerprint density at radius 3 is 2.31 bits per heavy atom. The molecule has 0 aliphatic carbocycles. The largest absolute Gasteiger partial charge is 0.340 e. The zero-order valence-corrected chi connectivity index (χ0v) is 17.4. The van der Waals surface area contributed by atoms with E-state index in [9.17, 15) is 13.2 Å². The number of carbonyl (C=O) groups is 1. The van der Waals surface area contributed by atoms with Crippen LogP contribution in [0.2, 0.25) is 0 Å². The van der Waals surface area contributed by atoms with Crippen LogP contribution in [0.15, 0.2) is 29.2 Å². The number of benzene rings is 1. The first-order valence-corrected chi connectivity index (χ1v) is 11.2. The van der Waals surface area contributed by atoms with Gasteiger partial charge in [0.25, 0.3) is 0 Å². The van der Waals surface area contributed by atoms with Gasteiger partial charge in [-0.25, -0.2) is 13.1 Å². The number of rotatable bonds is 12. The Kier molecular flexibility index (Phi) is 9.88. The molecule has 1 aromatic rings. The lowest BCUT2D eigenvalue weighted by Crippen LogP contribution is -2.39. The minimum Gasteiger partial charge on any atom is -0.340 e. The molecular formula is C20H34N2O3S. The summed E-state index contributed by atoms with van der Waals surface area (Å²) in [7, 11) is -2.02. The highest BCUT2D eigenvalue weighted by atomic mass is 32.2. The van der Waals surface area contributed by atoms with Gasteiger partial charge in [0, 0.05) is 19.0 Å². The lowest BCUT2D eigenvalue weighted by Gasteiger charge is -2.29. The van der Waals surface area contributed by atoms with E-state index in [4.69, 9.17) is 0 Å². The van der Waals surface area contributed by atoms with Crippen LogP contribution < -0.4 is 4.72 Å². The van der Waals surface area contributed by atoms with Crippen molar-refractivity contribution in [3.63, 3.8) is 0 Å². The van der Waals surface area contributed by atoms with Crippen LogP contribution in [0.5, 0.6) is 0 Å². The van der Waals surface area contributed by atoms with Gasteiger partial charge in [0.15, 0.2) is 0 Å². The summed E-state index contributed by atoms with van der Waals surface area (Å²) in [5, 5.41) is 0. The zero-order valence-electron chi connectivity index (χ0n) is 16.6. The molecule has 0 aliphatic rings. The predicted octanol–water partition coefficient (Wildman–Crippen LogP) is 3.73. The van der Waals surface area contributed by atoms with E-state index in [0.29, 0.717) is 12.8 Å². The van der Waals surface area contributed by atoms with E-state index in [-0.39, 0.29) is 16.8 Å². The molecule has 26 heavy (non-hydrogen) atoms. The smallest absolute Gasteiger partial charge is 0.240 e. The third kappa shape index (κ3) is 7.08. The van der Waals surface area contributed by atoms with Gasteiger partial charge in [0.05, 0.1) is 4.90 Å². The molecule has 0 bridgehead atoms. The van der Waals surface area contributed by atoms with Crippen LogP contribution >= 0.6 is 0 Å². The van der Waals surface area contributed by atoms with Gasteiger partial charge in [-0.3, -0.25) is 4.79 Å². The molecule has 0 saturated carbocycles. The quantitative estimate of drug-likeness (QED) is 0.560. The molecule has 0 unspecified atom stereocenters. The van der Waals surface area contributed by atoms with Crippen molar-refractivity contribution in [2.75, 3.05) is 13.6 Å². The topological polar surface area (TPSA) is 66.5 Å². The minimum atomic E-state index is -3.42. The van der Waals surface area contributed by atoms with Crippen LogP contribution in [-0.2, 0) is 21.2 Å². The van der Waals surface area contributed by atoms with Crippen LogP contribution in [0.3, 0.4) is 0 Å². The second-order valence-electron chi connectivity index (χ2n) is 6.78. The average Bonchev–Trinajstić information content (AvgIpc) is 2.63. The van der Waals surface area contributed by atoms with Gasteiger partial charge < -0.3 is 4.90 Å². The Morgan fingerprint density at radius 1 is 1.12 bits per heavy atom. The number of amides is 1. The fourth-order valence-electron chi connectivity index (χ4n) is 3.04. The first-order valence-electron chi connectivity index (χ1n) is 9.67. The van der Waals surface area contributed by atoms with Gasteiger partial charge in [0.2, 0.25) is 15.9 Å². The Morgan fingerprint density at radius 2 is 1.77 bits per heavy atom. The van der Waals surface area contributed by atoms with E-state index >= 15 is 0 Å². The molecule has 0 radical (unpaired) electrons. The fraction of sp³-hybridized carbons (Fsp3) is 0.650. The van der Waals surface area contributed by atoms with Crippen molar-refractivity contribution in [1.29, 1.82) is 0 Å². The van der Waals surface area contributed by atoms with Crippen LogP contribution in [0.25, 0.3) is 0 Å². The highest BCUT2D eigenvalue weighted by molar-refractivity contribution is 7.89. The Labute approximate surface area is 159 Å². The molecule has 1 amide bonds. The predicted molar refractivity (Wildman–Crippen MR) is 107 cm³/mol. The summed E-state index contributed by atoms with van der Waals surface area (Å²) in [4.78, 5) is 15.0. The SMILES string of the molecule is CCCCCN(C(=O)CCc1ccc(S(=O)(=O)NC)cc1)[C@@H](C)CCC. The summed E-state index contributed by atoms with van der Waals surface area (Å²) in [6.07, 6.45) is 6.51. The molecule has 0 aliphatic heterocycles. The molecule has 0 saturated heterocycles. The highest BCUT2D eigenvalue weighted by Gasteiger charge is 2.19. The van der Waals surface area contributed by atoms with Crippen LogP contribution in [0, 0.1) is 0 Å². The molecule has 0 heterocycles. The molecule has 6 heteroatoms. The van der Waals surface area contributed by atoms with Crippen LogP contribution in [0.1, 0.15) is 64.9 Å². The molecule has 0 spiro atoms. The number of hydrogen-bond donors (Lipinski definition) is 1. The maximum absolute atomic E-state index is 12.7. The molecule has 1 aromatic carbocycles. The molecule has 1 atom stereocenters. The van der Waals surface area contributed by atoms with Gasteiger partial charge in [-0.2, -0.15) is 0 Å². The lowest BCUT2D eigenvalue weighted by molar-refractivity contribution is -0.133. The summed E-state index contributed by atoms with van der Waals surface area (Å²) >= 11 is 0. The molecule has 1 rings (SSSR count). The van der Waals surface area contributed by atoms with E-state index < -0.39 is 10.0 Å². The minimum absolute atomic E-state index is 0.189. The summed E-state index contributed by atoms with van der Waals surface area (Å²) in [6, 6.07) is 7.02. The highest BCUT2D eigenvalue weighted by Crippen LogP contribution is 2.15. The van der Waals surface area contributed by atoms with Gasteiger partial charge >= 0.3 is 0 Å². The van der Waals surface area contributed by atoms with Crippen LogP contribution in [0.4, 0.5) is 0 Å². The number of hydrogen-bond acceptors (Lipinski definition) is 3. The van der Waals surface area contributed by atoms with Gasteiger partial charge in [0.1, 0.15) is 0 Å². The van der Waals surface area contributed by atoms with Crippen molar-refractivity contribution in [1.82, 2.24) is 9.62 Å². The molecule has 0 fully saturated rings. The number of nitrogens with zero attached hydrogens (tertiary/aromatic N) is 1. The summed E-state index contributed by atoms with van der Waals surface area (Å²) in [6.45, 7) is 7.27. The standard InChI is InChI=1S/C20H34N2O3S/c1-5-7-8-16-22(17(3)9-6-2)20(23)15-12-18-10-13-19(14-11-18)26(24,25)21-4/h10-11,13-14,17,21H,5-9,12,15-16H2,1-4H3/t17-/m0/s1. The third-order valence-corrected chi connectivity index (χ3v) is 6.12. The van der Waals surface area contributed by atoms with Crippen molar-refractivity contribution in [2.45, 2.75) is 76.7 Å².